The Kier molecular flexibility index (Phi) is 29.5. The maximum absolute atomic E-state index is 8.98. The molecule has 2 N–H and O–H groups in total. The van der Waals surface area contributed by atoms with Gasteiger partial charge in [-0.2, -0.15) is 0 Å². The molecule has 0 bridgehead atoms. The van der Waals surface area contributed by atoms with Crippen LogP contribution in [0.2, 0.25) is 0 Å². The van der Waals surface area contributed by atoms with Gasteiger partial charge in [-0.3, -0.25) is 0 Å². The van der Waals surface area contributed by atoms with E-state index in [-0.39, 0.29) is 0 Å². The maximum Gasteiger partial charge on any atom is 0.321 e. The van der Waals surface area contributed by atoms with E-state index in [0.717, 1.165) is 12.8 Å². The van der Waals surface area contributed by atoms with Crippen molar-refractivity contribution in [1.82, 2.24) is 0 Å². The number of hydrogen-bond donors (Lipinski definition) is 2. The fraction of sp³-hybridized carbons (Fsp3) is 1.00. The molecule has 5 heteroatoms. The van der Waals surface area contributed by atoms with Crippen molar-refractivity contribution in [2.75, 3.05) is 6.61 Å². The molecule has 0 radical (unpaired) electrons. The van der Waals surface area contributed by atoms with Gasteiger partial charge in [0.1, 0.15) is 0 Å². The van der Waals surface area contributed by atoms with Gasteiger partial charge in [0.2, 0.25) is 0 Å². The van der Waals surface area contributed by atoms with Crippen molar-refractivity contribution in [3.63, 3.8) is 0 Å². The van der Waals surface area contributed by atoms with Crippen LogP contribution in [0.15, 0.2) is 0 Å². The van der Waals surface area contributed by atoms with E-state index in [2.05, 4.69) is 18.7 Å². The molecule has 0 aliphatic rings. The molecule has 212 valence electrons. The third-order valence-corrected chi connectivity index (χ3v) is 8.09. The Bertz CT molecular complexity index is 441. The monoisotopic (exact) mass is 534 g/mol. The van der Waals surface area contributed by atoms with Crippen LogP contribution >= 0.6 is 6.72 Å². The number of hydrogen-bond acceptors (Lipinski definition) is 2. The van der Waals surface area contributed by atoms with Crippen LogP contribution in [0.1, 0.15) is 187 Å². The van der Waals surface area contributed by atoms with E-state index in [1.54, 1.807) is 0 Å². The molecule has 0 heterocycles. The van der Waals surface area contributed by atoms with Gasteiger partial charge < -0.3 is 14.3 Å². The van der Waals surface area contributed by atoms with Crippen molar-refractivity contribution in [3.8, 4) is 0 Å². The topological polar surface area (TPSA) is 49.7 Å². The maximum atomic E-state index is 8.98. The van der Waals surface area contributed by atoms with Gasteiger partial charge in [0.05, 0.1) is 6.61 Å². The van der Waals surface area contributed by atoms with E-state index < -0.39 is 6.72 Å². The third-order valence-electron chi connectivity index (χ3n) is 7.26. The van der Waals surface area contributed by atoms with Crippen molar-refractivity contribution in [2.45, 2.75) is 187 Å². The molecule has 0 saturated heterocycles. The number of rotatable bonds is 30. The smallest absolute Gasteiger partial charge is 0.321 e. The zero-order chi connectivity index (χ0) is 25.7. The lowest BCUT2D eigenvalue weighted by Gasteiger charge is -2.07. The second-order valence-electron chi connectivity index (χ2n) is 10.9. The molecule has 0 fully saturated rings. The van der Waals surface area contributed by atoms with Crippen molar-refractivity contribution >= 4 is 18.5 Å². The van der Waals surface area contributed by atoms with Crippen LogP contribution in [0.5, 0.6) is 0 Å². The second kappa shape index (κ2) is 29.1. The summed E-state index contributed by atoms with van der Waals surface area (Å²) in [5.74, 6) is 0. The highest BCUT2D eigenvalue weighted by atomic mass is 32.5. The van der Waals surface area contributed by atoms with Crippen LogP contribution in [0.3, 0.4) is 0 Å². The average molecular weight is 535 g/mol. The standard InChI is InChI=1S/C30H63O3PS/c1-2-3-4-5-6-7-8-9-10-11-12-13-14-15-16-17-18-19-20-21-22-23-24-25-26-27-28-29-30-33-34(31,32)35/h2-30H2,1H3,(H2,31,32,35). The fourth-order valence-corrected chi connectivity index (χ4v) is 5.55. The van der Waals surface area contributed by atoms with Crippen LogP contribution < -0.4 is 0 Å². The molecular weight excluding hydrogens is 471 g/mol. The number of unbranched alkanes of at least 4 members (excludes halogenated alkanes) is 27. The highest BCUT2D eigenvalue weighted by Crippen LogP contribution is 2.36. The lowest BCUT2D eigenvalue weighted by molar-refractivity contribution is 0.245. The van der Waals surface area contributed by atoms with E-state index in [1.165, 1.54) is 167 Å². The molecule has 0 aromatic heterocycles. The first kappa shape index (κ1) is 35.5. The molecule has 0 saturated carbocycles. The molecule has 0 unspecified atom stereocenters. The summed E-state index contributed by atoms with van der Waals surface area (Å²) in [4.78, 5) is 18.0. The van der Waals surface area contributed by atoms with E-state index in [4.69, 9.17) is 14.3 Å². The average Bonchev–Trinajstić information content (AvgIpc) is 2.82. The van der Waals surface area contributed by atoms with Crippen molar-refractivity contribution in [2.24, 2.45) is 0 Å². The van der Waals surface area contributed by atoms with Gasteiger partial charge in [0.25, 0.3) is 0 Å². The largest absolute Gasteiger partial charge is 0.325 e. The molecule has 0 spiro atoms. The highest BCUT2D eigenvalue weighted by Gasteiger charge is 2.06. The first-order valence-electron chi connectivity index (χ1n) is 15.8. The SMILES string of the molecule is CCCCCCCCCCCCCCCCCCCCCCCCCCCCCCOP(O)(O)=S. The minimum absolute atomic E-state index is 0.379. The predicted octanol–water partition coefficient (Wildman–Crippen LogP) is 11.2. The van der Waals surface area contributed by atoms with Crippen molar-refractivity contribution in [3.05, 3.63) is 0 Å². The first-order valence-corrected chi connectivity index (χ1v) is 18.4. The molecule has 0 aromatic rings. The predicted molar refractivity (Wildman–Crippen MR) is 160 cm³/mol. The lowest BCUT2D eigenvalue weighted by Crippen LogP contribution is -1.92. The second-order valence-corrected chi connectivity index (χ2v) is 13.5. The molecular formula is C30H63O3PS. The lowest BCUT2D eigenvalue weighted by atomic mass is 10.0. The summed E-state index contributed by atoms with van der Waals surface area (Å²) in [5.41, 5.74) is 0. The summed E-state index contributed by atoms with van der Waals surface area (Å²) in [5, 5.41) is 0. The summed E-state index contributed by atoms with van der Waals surface area (Å²) in [6, 6.07) is 0. The van der Waals surface area contributed by atoms with Crippen LogP contribution in [0.4, 0.5) is 0 Å². The van der Waals surface area contributed by atoms with Gasteiger partial charge in [-0.05, 0) is 18.2 Å². The van der Waals surface area contributed by atoms with Gasteiger partial charge in [-0.15, -0.1) is 0 Å². The van der Waals surface area contributed by atoms with E-state index in [9.17, 15) is 0 Å². The Morgan fingerprint density at radius 3 is 0.800 bits per heavy atom. The first-order chi connectivity index (χ1) is 17.1. The zero-order valence-electron chi connectivity index (χ0n) is 23.7. The molecule has 0 rings (SSSR count). The van der Waals surface area contributed by atoms with Gasteiger partial charge >= 0.3 is 6.72 Å². The summed E-state index contributed by atoms with van der Waals surface area (Å²) in [6.45, 7) is -0.758. The molecule has 0 amide bonds. The molecule has 0 atom stereocenters. The summed E-state index contributed by atoms with van der Waals surface area (Å²) >= 11 is 4.43. The molecule has 35 heavy (non-hydrogen) atoms. The minimum Gasteiger partial charge on any atom is -0.325 e. The molecule has 0 aromatic carbocycles. The van der Waals surface area contributed by atoms with Gasteiger partial charge in [0.15, 0.2) is 0 Å². The van der Waals surface area contributed by atoms with Crippen LogP contribution in [-0.2, 0) is 16.3 Å². The van der Waals surface area contributed by atoms with Crippen LogP contribution in [-0.4, -0.2) is 16.4 Å². The molecule has 0 aliphatic heterocycles. The zero-order valence-corrected chi connectivity index (χ0v) is 25.4. The Balaban J connectivity index is 3.04. The highest BCUT2D eigenvalue weighted by molar-refractivity contribution is 8.06. The summed E-state index contributed by atoms with van der Waals surface area (Å²) < 4.78 is 4.83. The van der Waals surface area contributed by atoms with Gasteiger partial charge in [0, 0.05) is 0 Å². The molecule has 3 nitrogen and oxygen atoms in total. The van der Waals surface area contributed by atoms with Gasteiger partial charge in [-0.25, -0.2) is 0 Å². The van der Waals surface area contributed by atoms with Crippen molar-refractivity contribution in [1.29, 1.82) is 0 Å². The van der Waals surface area contributed by atoms with Gasteiger partial charge in [-0.1, -0.05) is 180 Å². The molecule has 0 aliphatic carbocycles. The van der Waals surface area contributed by atoms with Crippen LogP contribution in [0, 0.1) is 0 Å². The Morgan fingerprint density at radius 2 is 0.600 bits per heavy atom. The van der Waals surface area contributed by atoms with E-state index in [1.807, 2.05) is 0 Å². The Hall–Kier alpha value is 0.530. The summed E-state index contributed by atoms with van der Waals surface area (Å²) in [6.07, 6.45) is 39.0. The van der Waals surface area contributed by atoms with Crippen LogP contribution in [0.25, 0.3) is 0 Å². The quantitative estimate of drug-likeness (QED) is 0.0710. The summed E-state index contributed by atoms with van der Waals surface area (Å²) in [7, 11) is 0. The Labute approximate surface area is 225 Å². The normalized spacial score (nSPS) is 12.0. The Morgan fingerprint density at radius 1 is 0.400 bits per heavy atom. The third kappa shape index (κ3) is 34.5. The van der Waals surface area contributed by atoms with Crippen molar-refractivity contribution < 1.29 is 14.3 Å². The van der Waals surface area contributed by atoms with E-state index >= 15 is 0 Å². The minimum atomic E-state index is -3.43. The fourth-order valence-electron chi connectivity index (χ4n) is 4.95. The van der Waals surface area contributed by atoms with E-state index in [0.29, 0.717) is 6.61 Å².